The minimum atomic E-state index is -0.303. The highest BCUT2D eigenvalue weighted by atomic mass is 16.2. The summed E-state index contributed by atoms with van der Waals surface area (Å²) in [5.41, 5.74) is 2.92. The van der Waals surface area contributed by atoms with Gasteiger partial charge in [0.05, 0.1) is 0 Å². The van der Waals surface area contributed by atoms with Crippen molar-refractivity contribution in [3.63, 3.8) is 0 Å². The summed E-state index contributed by atoms with van der Waals surface area (Å²) in [5, 5.41) is 22.7. The first-order valence-corrected chi connectivity index (χ1v) is 23.2. The Labute approximate surface area is 372 Å². The molecule has 7 amide bonds. The highest BCUT2D eigenvalue weighted by molar-refractivity contribution is 5.90. The van der Waals surface area contributed by atoms with Crippen molar-refractivity contribution in [1.29, 1.82) is 0 Å². The van der Waals surface area contributed by atoms with Gasteiger partial charge in [0.25, 0.3) is 0 Å². The molecule has 4 fully saturated rings. The Bertz CT molecular complexity index is 2180. The molecule has 0 aromatic heterocycles. The first-order chi connectivity index (χ1) is 30.5. The van der Waals surface area contributed by atoms with Gasteiger partial charge in [0.1, 0.15) is 0 Å². The highest BCUT2D eigenvalue weighted by Crippen LogP contribution is 2.68. The number of carbonyl (C=O) groups is 4. The summed E-state index contributed by atoms with van der Waals surface area (Å²) < 4.78 is 0. The predicted octanol–water partition coefficient (Wildman–Crippen LogP) is 10.2. The maximum absolute atomic E-state index is 14.1. The van der Waals surface area contributed by atoms with Gasteiger partial charge >= 0.3 is 18.1 Å². The molecule has 4 aliphatic rings. The molecule has 11 nitrogen and oxygen atoms in total. The van der Waals surface area contributed by atoms with Gasteiger partial charge in [-0.1, -0.05) is 106 Å². The van der Waals surface area contributed by atoms with Crippen LogP contribution in [-0.4, -0.2) is 42.1 Å². The first kappa shape index (κ1) is 43.8. The summed E-state index contributed by atoms with van der Waals surface area (Å²) in [6, 6.07) is 37.8. The van der Waals surface area contributed by atoms with Crippen molar-refractivity contribution >= 4 is 41.1 Å². The largest absolute Gasteiger partial charge is 0.352 e. The van der Waals surface area contributed by atoms with Crippen molar-refractivity contribution in [2.45, 2.75) is 103 Å². The van der Waals surface area contributed by atoms with Crippen LogP contribution in [0.4, 0.5) is 31.4 Å². The van der Waals surface area contributed by atoms with Crippen LogP contribution in [0.3, 0.4) is 0 Å². The van der Waals surface area contributed by atoms with Crippen molar-refractivity contribution in [3.05, 3.63) is 127 Å². The maximum Gasteiger partial charge on any atom is 0.319 e. The fourth-order valence-corrected chi connectivity index (χ4v) is 12.8. The van der Waals surface area contributed by atoms with Gasteiger partial charge in [-0.15, -0.1) is 0 Å². The summed E-state index contributed by atoms with van der Waals surface area (Å²) in [6.45, 7) is 7.64. The topological polar surface area (TPSA) is 152 Å². The van der Waals surface area contributed by atoms with Crippen LogP contribution in [0.2, 0.25) is 0 Å². The van der Waals surface area contributed by atoms with E-state index in [2.05, 4.69) is 58.0 Å². The SMILES string of the molecule is C[C@H](CCC(=O)NCc1ccccc1)[C@H]1CC[C@H]2[C@@H]3[C@H](NC(=O)Nc4ccccc4)C[C@@H]4C[C@H](NC(=O)Nc5ccccc5)CC[C@]4(C)[C@H]3C[C@H](NC(=O)Nc3ccccc3)[C@]12C. The van der Waals surface area contributed by atoms with E-state index in [-0.39, 0.29) is 88.5 Å². The molecule has 4 aromatic carbocycles. The fourth-order valence-electron chi connectivity index (χ4n) is 12.8. The van der Waals surface area contributed by atoms with Gasteiger partial charge in [0.15, 0.2) is 0 Å². The zero-order chi connectivity index (χ0) is 44.0. The van der Waals surface area contributed by atoms with Crippen molar-refractivity contribution in [2.75, 3.05) is 16.0 Å². The first-order valence-electron chi connectivity index (χ1n) is 23.2. The average molecular weight is 852 g/mol. The molecule has 4 aliphatic carbocycles. The number of amides is 7. The third kappa shape index (κ3) is 9.87. The Morgan fingerprint density at radius 2 is 1.16 bits per heavy atom. The van der Waals surface area contributed by atoms with E-state index in [4.69, 9.17) is 0 Å². The van der Waals surface area contributed by atoms with Crippen molar-refractivity contribution in [3.8, 4) is 0 Å². The minimum absolute atomic E-state index is 0.0110. The monoisotopic (exact) mass is 852 g/mol. The number of para-hydroxylation sites is 3. The zero-order valence-electron chi connectivity index (χ0n) is 36.9. The van der Waals surface area contributed by atoms with E-state index in [9.17, 15) is 19.2 Å². The summed E-state index contributed by atoms with van der Waals surface area (Å²) in [6.07, 6.45) is 7.33. The lowest BCUT2D eigenvalue weighted by molar-refractivity contribution is -0.140. The number of anilines is 3. The van der Waals surface area contributed by atoms with Crippen LogP contribution in [0.15, 0.2) is 121 Å². The summed E-state index contributed by atoms with van der Waals surface area (Å²) in [7, 11) is 0. The average Bonchev–Trinajstić information content (AvgIpc) is 3.65. The summed E-state index contributed by atoms with van der Waals surface area (Å²) >= 11 is 0. The molecular weight excluding hydrogens is 787 g/mol. The Morgan fingerprint density at radius 1 is 0.619 bits per heavy atom. The normalized spacial score (nSPS) is 29.9. The van der Waals surface area contributed by atoms with Gasteiger partial charge in [-0.3, -0.25) is 4.79 Å². The molecule has 0 aliphatic heterocycles. The molecule has 0 heterocycles. The van der Waals surface area contributed by atoms with E-state index in [1.165, 1.54) is 0 Å². The molecule has 0 spiro atoms. The fraction of sp³-hybridized carbons (Fsp3) is 0.462. The van der Waals surface area contributed by atoms with Crippen LogP contribution < -0.4 is 37.2 Å². The minimum Gasteiger partial charge on any atom is -0.352 e. The molecule has 63 heavy (non-hydrogen) atoms. The van der Waals surface area contributed by atoms with Crippen molar-refractivity contribution in [1.82, 2.24) is 21.3 Å². The summed E-state index contributed by atoms with van der Waals surface area (Å²) in [4.78, 5) is 54.6. The van der Waals surface area contributed by atoms with Crippen LogP contribution in [0.25, 0.3) is 0 Å². The van der Waals surface area contributed by atoms with Crippen LogP contribution in [-0.2, 0) is 11.3 Å². The van der Waals surface area contributed by atoms with Crippen LogP contribution >= 0.6 is 0 Å². The number of rotatable bonds is 12. The molecule has 0 saturated heterocycles. The Balaban J connectivity index is 1.06. The third-order valence-corrected chi connectivity index (χ3v) is 15.8. The van der Waals surface area contributed by atoms with Crippen LogP contribution in [0, 0.1) is 46.3 Å². The molecule has 7 N–H and O–H groups in total. The number of hydrogen-bond acceptors (Lipinski definition) is 4. The standard InChI is InChI=1S/C52H65N7O4/c1-34(24-27-46(60)53-33-35-16-8-4-9-17-35)41-25-26-42-47-43(32-45(52(41,42)3)59-50(63)56-39-22-14-7-15-23-39)51(2)29-28-40(57-48(61)54-37-18-10-5-11-19-37)30-36(51)31-44(47)58-49(62)55-38-20-12-6-13-21-38/h4-23,34,36,40-45,47H,24-33H2,1-3H3,(H,53,60)(H2,54,57,61)(H2,55,58,62)(H2,56,59,63)/t34-,36+,40-,41-,42+,43+,44-,45+,47+,51+,52-/m1/s1. The molecule has 0 unspecified atom stereocenters. The smallest absolute Gasteiger partial charge is 0.319 e. The molecule has 4 saturated carbocycles. The van der Waals surface area contributed by atoms with E-state index in [0.29, 0.717) is 13.0 Å². The number of carbonyl (C=O) groups excluding carboxylic acids is 4. The van der Waals surface area contributed by atoms with E-state index >= 15 is 0 Å². The lowest BCUT2D eigenvalue weighted by Crippen LogP contribution is -2.68. The number of benzene rings is 4. The van der Waals surface area contributed by atoms with Gasteiger partial charge in [0.2, 0.25) is 5.91 Å². The molecule has 0 radical (unpaired) electrons. The molecule has 332 valence electrons. The van der Waals surface area contributed by atoms with E-state index < -0.39 is 0 Å². The maximum atomic E-state index is 14.1. The van der Waals surface area contributed by atoms with E-state index in [1.807, 2.05) is 121 Å². The number of hydrogen-bond donors (Lipinski definition) is 7. The number of urea groups is 3. The van der Waals surface area contributed by atoms with Crippen molar-refractivity contribution < 1.29 is 19.2 Å². The second kappa shape index (κ2) is 19.3. The van der Waals surface area contributed by atoms with Gasteiger partial charge in [-0.25, -0.2) is 14.4 Å². The molecule has 11 atom stereocenters. The molecule has 11 heteroatoms. The Morgan fingerprint density at radius 3 is 1.75 bits per heavy atom. The molecule has 8 rings (SSSR count). The van der Waals surface area contributed by atoms with E-state index in [1.54, 1.807) is 0 Å². The molecular formula is C52H65N7O4. The lowest BCUT2D eigenvalue weighted by Gasteiger charge is -2.65. The number of nitrogens with one attached hydrogen (secondary N) is 7. The van der Waals surface area contributed by atoms with Gasteiger partial charge in [-0.2, -0.15) is 0 Å². The Hall–Kier alpha value is -5.84. The third-order valence-electron chi connectivity index (χ3n) is 15.8. The second-order valence-corrected chi connectivity index (χ2v) is 19.3. The molecule has 4 aromatic rings. The van der Waals surface area contributed by atoms with Crippen LogP contribution in [0.5, 0.6) is 0 Å². The highest BCUT2D eigenvalue weighted by Gasteiger charge is 2.66. The van der Waals surface area contributed by atoms with Gasteiger partial charge in [-0.05, 0) is 140 Å². The molecule has 0 bridgehead atoms. The predicted molar refractivity (Wildman–Crippen MR) is 250 cm³/mol. The van der Waals surface area contributed by atoms with Gasteiger partial charge < -0.3 is 37.2 Å². The van der Waals surface area contributed by atoms with Gasteiger partial charge in [0, 0.05) is 48.2 Å². The summed E-state index contributed by atoms with van der Waals surface area (Å²) in [5.74, 6) is 1.34. The Kier molecular flexibility index (Phi) is 13.4. The second-order valence-electron chi connectivity index (χ2n) is 19.3. The van der Waals surface area contributed by atoms with Crippen LogP contribution in [0.1, 0.15) is 84.1 Å². The quantitative estimate of drug-likeness (QED) is 0.0759. The lowest BCUT2D eigenvalue weighted by atomic mass is 9.42. The van der Waals surface area contributed by atoms with E-state index in [0.717, 1.165) is 74.0 Å². The zero-order valence-corrected chi connectivity index (χ0v) is 36.9. The van der Waals surface area contributed by atoms with Crippen molar-refractivity contribution in [2.24, 2.45) is 46.3 Å². The number of fused-ring (bicyclic) bond motifs is 5.